The van der Waals surface area contributed by atoms with Crippen LogP contribution >= 0.6 is 11.3 Å². The maximum atomic E-state index is 10.5. The van der Waals surface area contributed by atoms with Gasteiger partial charge in [-0.1, -0.05) is 0 Å². The number of rotatable bonds is 4. The Bertz CT molecular complexity index is 575. The van der Waals surface area contributed by atoms with Gasteiger partial charge in [0.05, 0.1) is 14.2 Å². The lowest BCUT2D eigenvalue weighted by Crippen LogP contribution is -2.04. The van der Waals surface area contributed by atoms with Gasteiger partial charge in [0.2, 0.25) is 0 Å². The van der Waals surface area contributed by atoms with E-state index in [0.29, 0.717) is 11.5 Å². The average Bonchev–Trinajstić information content (AvgIpc) is 2.83. The average molecular weight is 278 g/mol. The first-order valence-corrected chi connectivity index (χ1v) is 6.96. The largest absolute Gasteiger partial charge is 0.493 e. The fraction of sp³-hybridized carbons (Fsp3) is 0.333. The van der Waals surface area contributed by atoms with Crippen LogP contribution in [-0.4, -0.2) is 19.3 Å². The van der Waals surface area contributed by atoms with Gasteiger partial charge in [0.25, 0.3) is 0 Å². The van der Waals surface area contributed by atoms with Crippen LogP contribution in [0.3, 0.4) is 0 Å². The molecule has 2 rings (SSSR count). The van der Waals surface area contributed by atoms with Crippen LogP contribution in [0.5, 0.6) is 11.5 Å². The molecule has 0 aliphatic heterocycles. The summed E-state index contributed by atoms with van der Waals surface area (Å²) in [5.74, 6) is 1.31. The van der Waals surface area contributed by atoms with Gasteiger partial charge in [-0.2, -0.15) is 11.3 Å². The monoisotopic (exact) mass is 278 g/mol. The summed E-state index contributed by atoms with van der Waals surface area (Å²) >= 11 is 1.60. The van der Waals surface area contributed by atoms with Crippen molar-refractivity contribution in [3.8, 4) is 11.5 Å². The number of hydrogen-bond acceptors (Lipinski definition) is 4. The van der Waals surface area contributed by atoms with Gasteiger partial charge >= 0.3 is 0 Å². The first-order chi connectivity index (χ1) is 9.08. The Balaban J connectivity index is 2.48. The maximum Gasteiger partial charge on any atom is 0.161 e. The molecule has 1 N–H and O–H groups in total. The summed E-state index contributed by atoms with van der Waals surface area (Å²) in [7, 11) is 3.20. The number of ether oxygens (including phenoxy) is 2. The Morgan fingerprint density at radius 3 is 2.11 bits per heavy atom. The molecule has 0 radical (unpaired) electrons. The molecule has 0 aliphatic rings. The third-order valence-electron chi connectivity index (χ3n) is 3.26. The Kier molecular flexibility index (Phi) is 4.12. The van der Waals surface area contributed by atoms with E-state index in [2.05, 4.69) is 0 Å². The molecule has 1 aromatic heterocycles. The zero-order valence-electron chi connectivity index (χ0n) is 11.6. The summed E-state index contributed by atoms with van der Waals surface area (Å²) in [6.45, 7) is 3.97. The smallest absolute Gasteiger partial charge is 0.161 e. The van der Waals surface area contributed by atoms with E-state index in [1.165, 1.54) is 0 Å². The van der Waals surface area contributed by atoms with Gasteiger partial charge in [-0.15, -0.1) is 0 Å². The highest BCUT2D eigenvalue weighted by atomic mass is 32.1. The minimum atomic E-state index is -0.633. The predicted molar refractivity (Wildman–Crippen MR) is 77.4 cm³/mol. The van der Waals surface area contributed by atoms with Crippen LogP contribution < -0.4 is 9.47 Å². The first kappa shape index (κ1) is 13.9. The topological polar surface area (TPSA) is 38.7 Å². The van der Waals surface area contributed by atoms with Crippen molar-refractivity contribution < 1.29 is 14.6 Å². The van der Waals surface area contributed by atoms with Crippen LogP contribution in [0.25, 0.3) is 0 Å². The molecule has 102 valence electrons. The van der Waals surface area contributed by atoms with Crippen molar-refractivity contribution >= 4 is 11.3 Å². The number of aryl methyl sites for hydroxylation is 2. The van der Waals surface area contributed by atoms with E-state index in [4.69, 9.17) is 9.47 Å². The van der Waals surface area contributed by atoms with Gasteiger partial charge < -0.3 is 14.6 Å². The molecule has 0 spiro atoms. The summed E-state index contributed by atoms with van der Waals surface area (Å²) in [6.07, 6.45) is -0.633. The fourth-order valence-corrected chi connectivity index (χ4v) is 2.98. The van der Waals surface area contributed by atoms with E-state index in [1.54, 1.807) is 25.6 Å². The SMILES string of the molecule is COc1cc(C)c(C(O)c2cscc2C)cc1OC. The highest BCUT2D eigenvalue weighted by Gasteiger charge is 2.18. The van der Waals surface area contributed by atoms with Crippen molar-refractivity contribution in [2.45, 2.75) is 20.0 Å². The van der Waals surface area contributed by atoms with Crippen molar-refractivity contribution in [2.24, 2.45) is 0 Å². The first-order valence-electron chi connectivity index (χ1n) is 6.01. The van der Waals surface area contributed by atoms with Gasteiger partial charge in [-0.25, -0.2) is 0 Å². The molecule has 4 heteroatoms. The molecule has 0 bridgehead atoms. The molecular formula is C15H18O3S. The van der Waals surface area contributed by atoms with E-state index in [0.717, 1.165) is 22.3 Å². The summed E-state index contributed by atoms with van der Waals surface area (Å²) in [5.41, 5.74) is 3.88. The minimum Gasteiger partial charge on any atom is -0.493 e. The summed E-state index contributed by atoms with van der Waals surface area (Å²) in [5, 5.41) is 14.6. The highest BCUT2D eigenvalue weighted by Crippen LogP contribution is 2.36. The third-order valence-corrected chi connectivity index (χ3v) is 4.14. The van der Waals surface area contributed by atoms with Gasteiger partial charge in [0, 0.05) is 0 Å². The number of aliphatic hydroxyl groups is 1. The molecule has 0 fully saturated rings. The summed E-state index contributed by atoms with van der Waals surface area (Å²) in [6, 6.07) is 3.73. The molecule has 19 heavy (non-hydrogen) atoms. The lowest BCUT2D eigenvalue weighted by atomic mass is 9.96. The molecule has 0 saturated heterocycles. The van der Waals surface area contributed by atoms with Crippen molar-refractivity contribution in [3.63, 3.8) is 0 Å². The normalized spacial score (nSPS) is 12.3. The quantitative estimate of drug-likeness (QED) is 0.930. The van der Waals surface area contributed by atoms with E-state index in [1.807, 2.05) is 36.7 Å². The standard InChI is InChI=1S/C15H18O3S/c1-9-5-13(17-3)14(18-4)6-11(9)15(16)12-8-19-7-10(12)2/h5-8,15-16H,1-4H3. The molecule has 1 aromatic carbocycles. The fourth-order valence-electron chi connectivity index (χ4n) is 2.11. The third kappa shape index (κ3) is 2.60. The van der Waals surface area contributed by atoms with Crippen LogP contribution in [-0.2, 0) is 0 Å². The number of benzene rings is 1. The van der Waals surface area contributed by atoms with E-state index in [9.17, 15) is 5.11 Å². The lowest BCUT2D eigenvalue weighted by Gasteiger charge is -2.17. The predicted octanol–water partition coefficient (Wildman–Crippen LogP) is 3.46. The number of thiophene rings is 1. The number of hydrogen-bond donors (Lipinski definition) is 1. The van der Waals surface area contributed by atoms with Gasteiger partial charge in [0.1, 0.15) is 6.10 Å². The van der Waals surface area contributed by atoms with E-state index in [-0.39, 0.29) is 0 Å². The van der Waals surface area contributed by atoms with Crippen molar-refractivity contribution in [3.05, 3.63) is 45.1 Å². The lowest BCUT2D eigenvalue weighted by molar-refractivity contribution is 0.218. The Morgan fingerprint density at radius 2 is 1.58 bits per heavy atom. The zero-order chi connectivity index (χ0) is 14.0. The van der Waals surface area contributed by atoms with E-state index >= 15 is 0 Å². The van der Waals surface area contributed by atoms with Crippen LogP contribution in [0.4, 0.5) is 0 Å². The van der Waals surface area contributed by atoms with Gasteiger partial charge in [-0.05, 0) is 59.0 Å². The second kappa shape index (κ2) is 5.63. The number of aliphatic hydroxyl groups excluding tert-OH is 1. The van der Waals surface area contributed by atoms with Crippen LogP contribution in [0.2, 0.25) is 0 Å². The molecule has 3 nitrogen and oxygen atoms in total. The zero-order valence-corrected chi connectivity index (χ0v) is 12.4. The van der Waals surface area contributed by atoms with Crippen molar-refractivity contribution in [2.75, 3.05) is 14.2 Å². The molecule has 1 atom stereocenters. The summed E-state index contributed by atoms with van der Waals surface area (Å²) in [4.78, 5) is 0. The highest BCUT2D eigenvalue weighted by molar-refractivity contribution is 7.08. The van der Waals surface area contributed by atoms with Crippen molar-refractivity contribution in [1.82, 2.24) is 0 Å². The van der Waals surface area contributed by atoms with Crippen LogP contribution in [0, 0.1) is 13.8 Å². The van der Waals surface area contributed by atoms with Gasteiger partial charge in [0.15, 0.2) is 11.5 Å². The molecule has 1 unspecified atom stereocenters. The molecule has 1 heterocycles. The van der Waals surface area contributed by atoms with E-state index < -0.39 is 6.10 Å². The maximum absolute atomic E-state index is 10.5. The van der Waals surface area contributed by atoms with Crippen LogP contribution in [0.1, 0.15) is 28.4 Å². The Hall–Kier alpha value is -1.52. The Labute approximate surface area is 117 Å². The molecular weight excluding hydrogens is 260 g/mol. The summed E-state index contributed by atoms with van der Waals surface area (Å²) < 4.78 is 10.6. The van der Waals surface area contributed by atoms with Gasteiger partial charge in [-0.3, -0.25) is 0 Å². The molecule has 0 amide bonds. The minimum absolute atomic E-state index is 0.633. The molecule has 2 aromatic rings. The molecule has 0 saturated carbocycles. The second-order valence-corrected chi connectivity index (χ2v) is 5.22. The van der Waals surface area contributed by atoms with Crippen molar-refractivity contribution in [1.29, 1.82) is 0 Å². The Morgan fingerprint density at radius 1 is 0.947 bits per heavy atom. The number of methoxy groups -OCH3 is 2. The molecule has 0 aliphatic carbocycles. The van der Waals surface area contributed by atoms with Crippen LogP contribution in [0.15, 0.2) is 22.9 Å². The second-order valence-electron chi connectivity index (χ2n) is 4.48.